The molecule has 0 unspecified atom stereocenters. The van der Waals surface area contributed by atoms with E-state index in [4.69, 9.17) is 11.6 Å². The number of hydrogen-bond acceptors (Lipinski definition) is 4. The van der Waals surface area contributed by atoms with Crippen molar-refractivity contribution in [2.45, 2.75) is 26.3 Å². The molecule has 28 heavy (non-hydrogen) atoms. The van der Waals surface area contributed by atoms with E-state index in [1.165, 1.54) is 0 Å². The summed E-state index contributed by atoms with van der Waals surface area (Å²) in [7, 11) is 0. The molecule has 1 aromatic heterocycles. The number of benzene rings is 2. The van der Waals surface area contributed by atoms with Crippen LogP contribution >= 0.6 is 22.9 Å². The predicted octanol–water partition coefficient (Wildman–Crippen LogP) is 4.81. The quantitative estimate of drug-likeness (QED) is 0.667. The molecule has 0 radical (unpaired) electrons. The number of nitrogens with zero attached hydrogens (tertiary/aromatic N) is 2. The van der Waals surface area contributed by atoms with Crippen molar-refractivity contribution in [3.63, 3.8) is 0 Å². The van der Waals surface area contributed by atoms with Crippen molar-refractivity contribution in [2.75, 3.05) is 11.9 Å². The average Bonchev–Trinajstić information content (AvgIpc) is 3.26. The number of carbonyl (C=O) groups excluding carboxylic acids is 2. The van der Waals surface area contributed by atoms with Gasteiger partial charge < -0.3 is 10.2 Å². The first-order valence-electron chi connectivity index (χ1n) is 9.18. The first kappa shape index (κ1) is 18.9. The van der Waals surface area contributed by atoms with Crippen LogP contribution in [-0.4, -0.2) is 34.3 Å². The van der Waals surface area contributed by atoms with Gasteiger partial charge in [0.05, 0.1) is 21.2 Å². The van der Waals surface area contributed by atoms with Crippen LogP contribution in [0.25, 0.3) is 20.8 Å². The van der Waals surface area contributed by atoms with Crippen LogP contribution in [0.3, 0.4) is 0 Å². The monoisotopic (exact) mass is 413 g/mol. The third kappa shape index (κ3) is 3.62. The zero-order chi connectivity index (χ0) is 19.8. The molecular weight excluding hydrogens is 394 g/mol. The number of para-hydroxylation sites is 1. The molecule has 2 aromatic carbocycles. The highest BCUT2D eigenvalue weighted by atomic mass is 35.5. The van der Waals surface area contributed by atoms with Gasteiger partial charge in [-0.05, 0) is 44.2 Å². The SMILES string of the molecule is CC(C)N1C[C@@H](C(=O)Nc2ccc(Cl)c(-c3nc4ccccc4s3)c2)CC1=O. The van der Waals surface area contributed by atoms with Crippen molar-refractivity contribution >= 4 is 50.7 Å². The van der Waals surface area contributed by atoms with Gasteiger partial charge in [0.2, 0.25) is 11.8 Å². The van der Waals surface area contributed by atoms with Crippen LogP contribution in [0.4, 0.5) is 5.69 Å². The minimum Gasteiger partial charge on any atom is -0.339 e. The molecule has 0 saturated carbocycles. The molecule has 1 aliphatic heterocycles. The number of likely N-dealkylation sites (tertiary alicyclic amines) is 1. The molecular formula is C21H20ClN3O2S. The molecule has 1 fully saturated rings. The third-order valence-electron chi connectivity index (χ3n) is 4.91. The highest BCUT2D eigenvalue weighted by Crippen LogP contribution is 2.36. The zero-order valence-corrected chi connectivity index (χ0v) is 17.2. The van der Waals surface area contributed by atoms with Gasteiger partial charge in [0.15, 0.2) is 0 Å². The molecule has 0 bridgehead atoms. The number of hydrogen-bond donors (Lipinski definition) is 1. The fourth-order valence-corrected chi connectivity index (χ4v) is 4.66. The molecule has 144 valence electrons. The summed E-state index contributed by atoms with van der Waals surface area (Å²) in [6, 6.07) is 13.4. The van der Waals surface area contributed by atoms with Crippen molar-refractivity contribution < 1.29 is 9.59 Å². The van der Waals surface area contributed by atoms with E-state index in [0.717, 1.165) is 20.8 Å². The Hall–Kier alpha value is -2.44. The Morgan fingerprint density at radius 3 is 2.79 bits per heavy atom. The van der Waals surface area contributed by atoms with Crippen molar-refractivity contribution in [1.82, 2.24) is 9.88 Å². The van der Waals surface area contributed by atoms with Crippen LogP contribution < -0.4 is 5.32 Å². The number of aromatic nitrogens is 1. The van der Waals surface area contributed by atoms with Crippen LogP contribution in [-0.2, 0) is 9.59 Å². The number of anilines is 1. The molecule has 5 nitrogen and oxygen atoms in total. The van der Waals surface area contributed by atoms with Crippen LogP contribution in [0.5, 0.6) is 0 Å². The molecule has 3 aromatic rings. The topological polar surface area (TPSA) is 62.3 Å². The molecule has 0 aliphatic carbocycles. The number of thiazole rings is 1. The molecule has 7 heteroatoms. The van der Waals surface area contributed by atoms with E-state index in [2.05, 4.69) is 10.3 Å². The van der Waals surface area contributed by atoms with Gasteiger partial charge in [-0.1, -0.05) is 23.7 Å². The summed E-state index contributed by atoms with van der Waals surface area (Å²) in [5, 5.41) is 4.33. The van der Waals surface area contributed by atoms with E-state index >= 15 is 0 Å². The van der Waals surface area contributed by atoms with E-state index in [1.807, 2.05) is 44.2 Å². The number of carbonyl (C=O) groups is 2. The third-order valence-corrected chi connectivity index (χ3v) is 6.31. The first-order valence-corrected chi connectivity index (χ1v) is 10.4. The number of nitrogens with one attached hydrogen (secondary N) is 1. The Kier molecular flexibility index (Phi) is 5.08. The van der Waals surface area contributed by atoms with E-state index in [-0.39, 0.29) is 30.2 Å². The highest BCUT2D eigenvalue weighted by Gasteiger charge is 2.35. The van der Waals surface area contributed by atoms with Gasteiger partial charge in [-0.15, -0.1) is 11.3 Å². The van der Waals surface area contributed by atoms with E-state index in [0.29, 0.717) is 17.3 Å². The number of halogens is 1. The largest absolute Gasteiger partial charge is 0.339 e. The van der Waals surface area contributed by atoms with Gasteiger partial charge in [-0.3, -0.25) is 9.59 Å². The Morgan fingerprint density at radius 1 is 1.29 bits per heavy atom. The van der Waals surface area contributed by atoms with Crippen molar-refractivity contribution in [2.24, 2.45) is 5.92 Å². The normalized spacial score (nSPS) is 16.9. The fourth-order valence-electron chi connectivity index (χ4n) is 3.40. The molecule has 1 saturated heterocycles. The minimum absolute atomic E-state index is 0.0291. The van der Waals surface area contributed by atoms with Gasteiger partial charge in [0.1, 0.15) is 5.01 Å². The lowest BCUT2D eigenvalue weighted by Crippen LogP contribution is -2.33. The first-order chi connectivity index (χ1) is 13.4. The maximum atomic E-state index is 12.7. The fraction of sp³-hybridized carbons (Fsp3) is 0.286. The Morgan fingerprint density at radius 2 is 2.07 bits per heavy atom. The molecule has 1 aliphatic rings. The van der Waals surface area contributed by atoms with Gasteiger partial charge in [-0.25, -0.2) is 4.98 Å². The molecule has 0 spiro atoms. The summed E-state index contributed by atoms with van der Waals surface area (Å²) in [6.45, 7) is 4.38. The summed E-state index contributed by atoms with van der Waals surface area (Å²) < 4.78 is 1.08. The Balaban J connectivity index is 1.56. The Labute approximate surface area is 172 Å². The van der Waals surface area contributed by atoms with Gasteiger partial charge in [0.25, 0.3) is 0 Å². The predicted molar refractivity (Wildman–Crippen MR) is 114 cm³/mol. The zero-order valence-electron chi connectivity index (χ0n) is 15.6. The average molecular weight is 414 g/mol. The summed E-state index contributed by atoms with van der Waals surface area (Å²) in [6.07, 6.45) is 0.252. The summed E-state index contributed by atoms with van der Waals surface area (Å²) in [4.78, 5) is 31.1. The summed E-state index contributed by atoms with van der Waals surface area (Å²) in [5.74, 6) is -0.452. The van der Waals surface area contributed by atoms with Gasteiger partial charge >= 0.3 is 0 Å². The molecule has 2 amide bonds. The lowest BCUT2D eigenvalue weighted by molar-refractivity contribution is -0.129. The molecule has 1 N–H and O–H groups in total. The second-order valence-corrected chi connectivity index (χ2v) is 8.65. The maximum Gasteiger partial charge on any atom is 0.229 e. The second-order valence-electron chi connectivity index (χ2n) is 7.21. The molecule has 2 heterocycles. The number of rotatable bonds is 4. The molecule has 4 rings (SSSR count). The van der Waals surface area contributed by atoms with Crippen molar-refractivity contribution in [3.8, 4) is 10.6 Å². The summed E-state index contributed by atoms with van der Waals surface area (Å²) in [5.41, 5.74) is 2.36. The number of amides is 2. The lowest BCUT2D eigenvalue weighted by atomic mass is 10.1. The van der Waals surface area contributed by atoms with E-state index in [1.54, 1.807) is 28.4 Å². The van der Waals surface area contributed by atoms with E-state index < -0.39 is 0 Å². The van der Waals surface area contributed by atoms with Crippen molar-refractivity contribution in [3.05, 3.63) is 47.5 Å². The second kappa shape index (κ2) is 7.53. The lowest BCUT2D eigenvalue weighted by Gasteiger charge is -2.20. The van der Waals surface area contributed by atoms with Crippen molar-refractivity contribution in [1.29, 1.82) is 0 Å². The van der Waals surface area contributed by atoms with Crippen LogP contribution in [0, 0.1) is 5.92 Å². The number of fused-ring (bicyclic) bond motifs is 1. The maximum absolute atomic E-state index is 12.7. The standard InChI is InChI=1S/C21H20ClN3O2S/c1-12(2)25-11-13(9-19(25)26)20(27)23-14-7-8-16(22)15(10-14)21-24-17-5-3-4-6-18(17)28-21/h3-8,10,12-13H,9,11H2,1-2H3,(H,23,27)/t13-/m0/s1. The van der Waals surface area contributed by atoms with Gasteiger partial charge in [-0.2, -0.15) is 0 Å². The van der Waals surface area contributed by atoms with Crippen LogP contribution in [0.2, 0.25) is 5.02 Å². The van der Waals surface area contributed by atoms with E-state index in [9.17, 15) is 9.59 Å². The van der Waals surface area contributed by atoms with Crippen LogP contribution in [0.15, 0.2) is 42.5 Å². The van der Waals surface area contributed by atoms with Gasteiger partial charge in [0, 0.05) is 30.3 Å². The minimum atomic E-state index is -0.337. The highest BCUT2D eigenvalue weighted by molar-refractivity contribution is 7.21. The Bertz CT molecular complexity index is 1030. The van der Waals surface area contributed by atoms with Crippen LogP contribution in [0.1, 0.15) is 20.3 Å². The molecule has 1 atom stereocenters. The summed E-state index contributed by atoms with van der Waals surface area (Å²) >= 11 is 7.96. The smallest absolute Gasteiger partial charge is 0.229 e.